The first-order valence-corrected chi connectivity index (χ1v) is 20.2. The van der Waals surface area contributed by atoms with Gasteiger partial charge in [0.2, 0.25) is 10.0 Å². The molecule has 12 heteroatoms. The molecule has 11 nitrogen and oxygen atoms in total. The van der Waals surface area contributed by atoms with Crippen molar-refractivity contribution in [2.24, 2.45) is 5.92 Å². The fourth-order valence-electron chi connectivity index (χ4n) is 6.84. The number of hydrogen-bond acceptors (Lipinski definition) is 8. The van der Waals surface area contributed by atoms with E-state index in [9.17, 15) is 28.2 Å². The second-order valence-electron chi connectivity index (χ2n) is 14.3. The Bertz CT molecular complexity index is 1920. The van der Waals surface area contributed by atoms with Gasteiger partial charge in [0, 0.05) is 30.8 Å². The topological polar surface area (TPSA) is 154 Å². The summed E-state index contributed by atoms with van der Waals surface area (Å²) in [5.41, 5.74) is 3.91. The molecule has 1 fully saturated rings. The summed E-state index contributed by atoms with van der Waals surface area (Å²) in [6.45, 7) is 4.84. The summed E-state index contributed by atoms with van der Waals surface area (Å²) >= 11 is 0. The van der Waals surface area contributed by atoms with E-state index in [0.29, 0.717) is 36.1 Å². The molecule has 1 aliphatic rings. The van der Waals surface area contributed by atoms with E-state index in [4.69, 9.17) is 9.47 Å². The largest absolute Gasteiger partial charge is 0.491 e. The lowest BCUT2D eigenvalue weighted by Crippen LogP contribution is -2.44. The van der Waals surface area contributed by atoms with Crippen molar-refractivity contribution in [1.29, 1.82) is 0 Å². The van der Waals surface area contributed by atoms with Crippen LogP contribution in [-0.4, -0.2) is 73.0 Å². The van der Waals surface area contributed by atoms with Gasteiger partial charge >= 0.3 is 5.97 Å². The summed E-state index contributed by atoms with van der Waals surface area (Å²) in [4.78, 5) is 26.6. The fourth-order valence-corrected chi connectivity index (χ4v) is 7.39. The number of amides is 1. The second kappa shape index (κ2) is 18.9. The number of nitrogens with one attached hydrogen (secondary N) is 2. The Labute approximate surface area is 318 Å². The average molecular weight is 758 g/mol. The zero-order valence-corrected chi connectivity index (χ0v) is 31.9. The van der Waals surface area contributed by atoms with Gasteiger partial charge in [0.05, 0.1) is 11.9 Å². The lowest BCUT2D eigenvalue weighted by atomic mass is 9.81. The molecule has 0 bridgehead atoms. The molecule has 5 rings (SSSR count). The summed E-state index contributed by atoms with van der Waals surface area (Å²) in [6.07, 6.45) is 3.99. The molecule has 1 aliphatic carbocycles. The zero-order valence-electron chi connectivity index (χ0n) is 31.1. The van der Waals surface area contributed by atoms with E-state index in [1.54, 1.807) is 44.2 Å². The van der Waals surface area contributed by atoms with Crippen molar-refractivity contribution in [2.45, 2.75) is 76.8 Å². The molecule has 0 radical (unpaired) electrons. The number of sulfonamides is 1. The Morgan fingerprint density at radius 2 is 1.48 bits per heavy atom. The summed E-state index contributed by atoms with van der Waals surface area (Å²) < 4.78 is 38.7. The van der Waals surface area contributed by atoms with Crippen LogP contribution in [0.25, 0.3) is 0 Å². The predicted octanol–water partition coefficient (Wildman–Crippen LogP) is 6.44. The molecule has 0 saturated heterocycles. The van der Waals surface area contributed by atoms with Crippen LogP contribution in [0.15, 0.2) is 103 Å². The van der Waals surface area contributed by atoms with E-state index in [-0.39, 0.29) is 30.9 Å². The fraction of sp³-hybridized carbons (Fsp3) is 0.381. The van der Waals surface area contributed by atoms with Crippen LogP contribution in [0.2, 0.25) is 0 Å². The standard InChI is InChI=1S/C42H51N3O8S/c1-29(2)40(42(48)49)43-41(47)34-16-14-32(15-17-34)33-18-20-35(21-19-33)45(25-30-10-6-4-7-11-30)26-36(46)28-52-37-22-23-39(38(24-37)44-54(3,50)51)53-27-31-12-8-5-9-13-31/h4-17,22-24,29,33,35-36,40,44,46H,18-21,25-28H2,1-3H3,(H,43,47)(H,48,49)/t33?,35?,36-,40?/m0/s1. The van der Waals surface area contributed by atoms with Gasteiger partial charge in [-0.1, -0.05) is 86.6 Å². The minimum absolute atomic E-state index is 0.00742. The van der Waals surface area contributed by atoms with E-state index in [0.717, 1.165) is 48.6 Å². The van der Waals surface area contributed by atoms with Gasteiger partial charge in [-0.2, -0.15) is 0 Å². The number of nitrogens with zero attached hydrogens (tertiary/aromatic N) is 1. The number of aliphatic carboxylic acids is 1. The van der Waals surface area contributed by atoms with Crippen LogP contribution in [0, 0.1) is 5.92 Å². The van der Waals surface area contributed by atoms with E-state index < -0.39 is 34.0 Å². The van der Waals surface area contributed by atoms with Crippen molar-refractivity contribution in [2.75, 3.05) is 24.1 Å². The molecule has 54 heavy (non-hydrogen) atoms. The van der Waals surface area contributed by atoms with Gasteiger partial charge in [-0.05, 0) is 78.5 Å². The Hall–Kier alpha value is -4.91. The SMILES string of the molecule is CC(C)C(NC(=O)c1ccc(C2CCC(N(Cc3ccccc3)C[C@H](O)COc3ccc(OCc4ccccc4)c(NS(C)(=O)=O)c3)CC2)cc1)C(=O)O. The number of ether oxygens (including phenoxy) is 2. The first-order chi connectivity index (χ1) is 25.8. The van der Waals surface area contributed by atoms with Crippen LogP contribution in [0.4, 0.5) is 5.69 Å². The minimum atomic E-state index is -3.60. The van der Waals surface area contributed by atoms with Crippen LogP contribution >= 0.6 is 0 Å². The van der Waals surface area contributed by atoms with E-state index in [1.165, 1.54) is 0 Å². The molecule has 1 amide bonds. The smallest absolute Gasteiger partial charge is 0.326 e. The van der Waals surface area contributed by atoms with Crippen molar-refractivity contribution < 1.29 is 37.7 Å². The summed E-state index contributed by atoms with van der Waals surface area (Å²) in [6, 6.07) is 31.4. The van der Waals surface area contributed by atoms with Gasteiger partial charge in [0.25, 0.3) is 5.91 Å². The number of aliphatic hydroxyl groups excluding tert-OH is 1. The molecule has 0 aliphatic heterocycles. The Balaban J connectivity index is 1.19. The van der Waals surface area contributed by atoms with Crippen molar-refractivity contribution in [3.05, 3.63) is 125 Å². The highest BCUT2D eigenvalue weighted by Gasteiger charge is 2.29. The van der Waals surface area contributed by atoms with Crippen molar-refractivity contribution in [3.63, 3.8) is 0 Å². The number of carboxylic acids is 1. The molecule has 1 saturated carbocycles. The Kier molecular flexibility index (Phi) is 14.1. The first-order valence-electron chi connectivity index (χ1n) is 18.4. The monoisotopic (exact) mass is 757 g/mol. The highest BCUT2D eigenvalue weighted by molar-refractivity contribution is 7.92. The summed E-state index contributed by atoms with van der Waals surface area (Å²) in [5.74, 6) is -0.616. The van der Waals surface area contributed by atoms with Crippen molar-refractivity contribution >= 4 is 27.6 Å². The molecular formula is C42H51N3O8S. The van der Waals surface area contributed by atoms with E-state index in [1.807, 2.05) is 60.7 Å². The van der Waals surface area contributed by atoms with Gasteiger partial charge < -0.3 is 25.0 Å². The highest BCUT2D eigenvalue weighted by atomic mass is 32.2. The number of benzene rings is 4. The summed E-state index contributed by atoms with van der Waals surface area (Å²) in [7, 11) is -3.60. The van der Waals surface area contributed by atoms with Gasteiger partial charge in [-0.25, -0.2) is 13.2 Å². The molecule has 0 spiro atoms. The molecule has 1 unspecified atom stereocenters. The maximum Gasteiger partial charge on any atom is 0.326 e. The molecule has 2 atom stereocenters. The first kappa shape index (κ1) is 40.3. The number of carbonyl (C=O) groups is 2. The molecule has 4 aromatic carbocycles. The predicted molar refractivity (Wildman–Crippen MR) is 209 cm³/mol. The quantitative estimate of drug-likeness (QED) is 0.0898. The second-order valence-corrected chi connectivity index (χ2v) is 16.1. The van der Waals surface area contributed by atoms with Gasteiger partial charge in [-0.15, -0.1) is 0 Å². The van der Waals surface area contributed by atoms with Gasteiger partial charge in [-0.3, -0.25) is 14.4 Å². The van der Waals surface area contributed by atoms with Crippen LogP contribution in [0.3, 0.4) is 0 Å². The molecule has 4 N–H and O–H groups in total. The maximum atomic E-state index is 12.7. The van der Waals surface area contributed by atoms with E-state index in [2.05, 4.69) is 27.1 Å². The van der Waals surface area contributed by atoms with Gasteiger partial charge in [0.15, 0.2) is 0 Å². The molecule has 0 aromatic heterocycles. The Morgan fingerprint density at radius 1 is 0.852 bits per heavy atom. The van der Waals surface area contributed by atoms with Crippen LogP contribution in [0.5, 0.6) is 11.5 Å². The minimum Gasteiger partial charge on any atom is -0.491 e. The van der Waals surface area contributed by atoms with Crippen LogP contribution < -0.4 is 19.5 Å². The molecular weight excluding hydrogens is 707 g/mol. The lowest BCUT2D eigenvalue weighted by Gasteiger charge is -2.38. The number of carboxylic acid groups (broad SMARTS) is 1. The molecule has 0 heterocycles. The highest BCUT2D eigenvalue weighted by Crippen LogP contribution is 2.36. The number of aliphatic hydroxyl groups is 1. The number of rotatable bonds is 18. The zero-order chi connectivity index (χ0) is 38.7. The third kappa shape index (κ3) is 12.1. The van der Waals surface area contributed by atoms with Crippen molar-refractivity contribution in [1.82, 2.24) is 10.2 Å². The van der Waals surface area contributed by atoms with Crippen LogP contribution in [0.1, 0.15) is 72.5 Å². The van der Waals surface area contributed by atoms with Crippen molar-refractivity contribution in [3.8, 4) is 11.5 Å². The van der Waals surface area contributed by atoms with Gasteiger partial charge in [0.1, 0.15) is 36.9 Å². The third-order valence-electron chi connectivity index (χ3n) is 9.68. The number of anilines is 1. The molecule has 288 valence electrons. The molecule has 4 aromatic rings. The number of hydrogen-bond donors (Lipinski definition) is 4. The normalized spacial score (nSPS) is 17.1. The average Bonchev–Trinajstić information content (AvgIpc) is 3.15. The Morgan fingerprint density at radius 3 is 2.07 bits per heavy atom. The third-order valence-corrected chi connectivity index (χ3v) is 10.3. The van der Waals surface area contributed by atoms with Crippen LogP contribution in [-0.2, 0) is 28.0 Å². The number of carbonyl (C=O) groups excluding carboxylic acids is 1. The van der Waals surface area contributed by atoms with E-state index >= 15 is 0 Å². The lowest BCUT2D eigenvalue weighted by molar-refractivity contribution is -0.140. The maximum absolute atomic E-state index is 12.7. The summed E-state index contributed by atoms with van der Waals surface area (Å²) in [5, 5.41) is 23.3.